The van der Waals surface area contributed by atoms with Gasteiger partial charge in [-0.15, -0.1) is 0 Å². The van der Waals surface area contributed by atoms with Crippen LogP contribution in [-0.2, 0) is 14.3 Å². The van der Waals surface area contributed by atoms with Gasteiger partial charge in [0.25, 0.3) is 0 Å². The van der Waals surface area contributed by atoms with Crippen LogP contribution in [0.3, 0.4) is 0 Å². The molecule has 1 saturated carbocycles. The number of halogens is 1. The first kappa shape index (κ1) is 41.3. The number of nitrogens with one attached hydrogen (secondary N) is 3. The molecule has 61 heavy (non-hydrogen) atoms. The number of methoxy groups -OCH3 is 1. The van der Waals surface area contributed by atoms with Crippen LogP contribution in [0, 0.1) is 23.6 Å². The lowest BCUT2D eigenvalue weighted by Gasteiger charge is -2.34. The van der Waals surface area contributed by atoms with Crippen LogP contribution in [0.25, 0.3) is 44.7 Å². The topological polar surface area (TPSA) is 180 Å². The summed E-state index contributed by atoms with van der Waals surface area (Å²) in [5.41, 5.74) is 11.5. The summed E-state index contributed by atoms with van der Waals surface area (Å²) in [7, 11) is 1.39. The monoisotopic (exact) mass is 835 g/mol. The second kappa shape index (κ2) is 16.6. The average Bonchev–Trinajstić information content (AvgIpc) is 4.10. The fourth-order valence-electron chi connectivity index (χ4n) is 10.0. The molecular formula is C46H58FN9O5. The number of carbonyl (C=O) groups excluding carboxylic acids is 2. The van der Waals surface area contributed by atoms with Gasteiger partial charge in [-0.1, -0.05) is 46.6 Å². The van der Waals surface area contributed by atoms with Gasteiger partial charge in [0, 0.05) is 42.6 Å². The van der Waals surface area contributed by atoms with Crippen LogP contribution < -0.4 is 15.8 Å². The van der Waals surface area contributed by atoms with Crippen molar-refractivity contribution in [3.8, 4) is 39.5 Å². The molecular weight excluding hydrogens is 778 g/mol. The van der Waals surface area contributed by atoms with Gasteiger partial charge in [0.15, 0.2) is 6.23 Å². The van der Waals surface area contributed by atoms with E-state index in [1.165, 1.54) is 13.2 Å². The Morgan fingerprint density at radius 1 is 0.869 bits per heavy atom. The second-order valence-electron chi connectivity index (χ2n) is 18.0. The fourth-order valence-corrected chi connectivity index (χ4v) is 10.0. The largest absolute Gasteiger partial charge is 0.469 e. The van der Waals surface area contributed by atoms with E-state index >= 15 is 4.39 Å². The molecule has 6 heterocycles. The molecule has 6 atom stereocenters. The van der Waals surface area contributed by atoms with Crippen LogP contribution in [0.5, 0.6) is 5.75 Å². The van der Waals surface area contributed by atoms with Crippen molar-refractivity contribution in [2.45, 2.75) is 116 Å². The molecule has 15 heteroatoms. The van der Waals surface area contributed by atoms with Gasteiger partial charge in [0.1, 0.15) is 23.2 Å². The normalized spacial score (nSPS) is 22.0. The number of rotatable bonds is 12. The average molecular weight is 836 g/mol. The van der Waals surface area contributed by atoms with Crippen molar-refractivity contribution in [1.29, 1.82) is 0 Å². The summed E-state index contributed by atoms with van der Waals surface area (Å²) in [5.74, 6) is 1.54. The van der Waals surface area contributed by atoms with Crippen molar-refractivity contribution in [3.63, 3.8) is 0 Å². The highest BCUT2D eigenvalue weighted by Crippen LogP contribution is 2.50. The Labute approximate surface area is 355 Å². The van der Waals surface area contributed by atoms with Gasteiger partial charge >= 0.3 is 0 Å². The SMILES string of the molecule is COC(O)NC(C(=O)N1CCCC1c1ncc(-c2ccc3c(c2)cc2n3C(C3CCCC3)Oc3cc(-c4cnc(C5CCCN5C(=O)C(N)C(C)C)[nH]4)cc(F)c3-2)[nH]1)C(C)C. The molecule has 0 spiro atoms. The van der Waals surface area contributed by atoms with Crippen molar-refractivity contribution in [2.24, 2.45) is 23.5 Å². The Morgan fingerprint density at radius 2 is 1.51 bits per heavy atom. The van der Waals surface area contributed by atoms with Gasteiger partial charge in [0.2, 0.25) is 18.2 Å². The van der Waals surface area contributed by atoms with E-state index in [1.807, 2.05) is 49.8 Å². The molecule has 3 fully saturated rings. The highest BCUT2D eigenvalue weighted by Gasteiger charge is 2.40. The first-order chi connectivity index (χ1) is 29.4. The van der Waals surface area contributed by atoms with Crippen LogP contribution in [-0.4, -0.2) is 89.9 Å². The number of aromatic amines is 2. The third kappa shape index (κ3) is 7.53. The fraction of sp³-hybridized carbons (Fsp3) is 0.522. The first-order valence-corrected chi connectivity index (χ1v) is 22.0. The maximum absolute atomic E-state index is 16.7. The maximum Gasteiger partial charge on any atom is 0.240 e. The Morgan fingerprint density at radius 3 is 2.13 bits per heavy atom. The maximum atomic E-state index is 16.7. The molecule has 2 amide bonds. The van der Waals surface area contributed by atoms with Crippen LogP contribution in [0.2, 0.25) is 0 Å². The number of nitrogens with zero attached hydrogens (tertiary/aromatic N) is 5. The van der Waals surface area contributed by atoms with Crippen molar-refractivity contribution in [1.82, 2.24) is 39.6 Å². The summed E-state index contributed by atoms with van der Waals surface area (Å²) in [6, 6.07) is 10.1. The van der Waals surface area contributed by atoms with Crippen molar-refractivity contribution in [3.05, 3.63) is 66.3 Å². The number of hydrogen-bond donors (Lipinski definition) is 5. The summed E-state index contributed by atoms with van der Waals surface area (Å²) in [6.45, 7) is 9.00. The van der Waals surface area contributed by atoms with E-state index in [-0.39, 0.29) is 53.7 Å². The molecule has 3 aliphatic heterocycles. The minimum absolute atomic E-state index is 0.0244. The van der Waals surface area contributed by atoms with Gasteiger partial charge in [-0.3, -0.25) is 14.9 Å². The van der Waals surface area contributed by atoms with E-state index in [1.54, 1.807) is 6.20 Å². The number of benzene rings is 2. The summed E-state index contributed by atoms with van der Waals surface area (Å²) >= 11 is 0. The number of hydrogen-bond acceptors (Lipinski definition) is 9. The molecule has 2 aromatic carbocycles. The zero-order valence-corrected chi connectivity index (χ0v) is 35.7. The number of H-pyrrole nitrogens is 2. The van der Waals surface area contributed by atoms with Gasteiger partial charge in [-0.05, 0) is 80.7 Å². The molecule has 6 N–H and O–H groups in total. The second-order valence-corrected chi connectivity index (χ2v) is 18.0. The van der Waals surface area contributed by atoms with E-state index in [4.69, 9.17) is 25.2 Å². The molecule has 2 saturated heterocycles. The van der Waals surface area contributed by atoms with E-state index in [0.29, 0.717) is 47.3 Å². The minimum Gasteiger partial charge on any atom is -0.469 e. The highest BCUT2D eigenvalue weighted by molar-refractivity contribution is 5.92. The van der Waals surface area contributed by atoms with Crippen LogP contribution in [0.1, 0.15) is 109 Å². The zero-order valence-electron chi connectivity index (χ0n) is 35.7. The Bertz CT molecular complexity index is 2420. The quantitative estimate of drug-likeness (QED) is 0.0816. The van der Waals surface area contributed by atoms with Gasteiger partial charge in [0.05, 0.1) is 64.7 Å². The third-order valence-electron chi connectivity index (χ3n) is 13.5. The standard InChI is InChI=1S/C46H58FN9O5/c1-24(2)39(48)43(57)54-16-8-12-34(54)41-50-23-32(52-41)28-19-30(47)38-36-20-29-18-27(14-15-33(29)56(36)45(61-37(38)21-28)26-10-6-7-11-26)31-22-49-42(51-31)35-13-9-17-55(35)44(58)40(25(3)4)53-46(59)60-5/h14-15,18-26,34-35,39-40,45-46,53,59H,6-13,16-17,48H2,1-5H3,(H,49,51)(H,50,52). The number of aromatic nitrogens is 5. The van der Waals surface area contributed by atoms with E-state index < -0.39 is 18.5 Å². The van der Waals surface area contributed by atoms with Gasteiger partial charge in [-0.25, -0.2) is 14.4 Å². The number of likely N-dealkylation sites (tertiary alicyclic amines) is 2. The predicted octanol–water partition coefficient (Wildman–Crippen LogP) is 7.16. The lowest BCUT2D eigenvalue weighted by molar-refractivity contribution is -0.145. The summed E-state index contributed by atoms with van der Waals surface area (Å²) in [5, 5.41) is 14.0. The van der Waals surface area contributed by atoms with Gasteiger partial charge in [-0.2, -0.15) is 0 Å². The number of aliphatic hydroxyl groups is 1. The highest BCUT2D eigenvalue weighted by atomic mass is 19.1. The lowest BCUT2D eigenvalue weighted by atomic mass is 10.00. The number of fused-ring (bicyclic) bond motifs is 5. The molecule has 1 aliphatic carbocycles. The Balaban J connectivity index is 1.02. The molecule has 324 valence electrons. The van der Waals surface area contributed by atoms with E-state index in [9.17, 15) is 14.7 Å². The molecule has 6 unspecified atom stereocenters. The summed E-state index contributed by atoms with van der Waals surface area (Å²) in [6.07, 6.45) is 9.53. The number of nitrogens with two attached hydrogens (primary N) is 1. The number of aliphatic hydroxyl groups excluding tert-OH is 1. The van der Waals surface area contributed by atoms with Crippen LogP contribution >= 0.6 is 0 Å². The van der Waals surface area contributed by atoms with Gasteiger partial charge < -0.3 is 44.6 Å². The van der Waals surface area contributed by atoms with E-state index in [2.05, 4.69) is 44.1 Å². The predicted molar refractivity (Wildman–Crippen MR) is 229 cm³/mol. The smallest absolute Gasteiger partial charge is 0.240 e. The van der Waals surface area contributed by atoms with Crippen LogP contribution in [0.4, 0.5) is 4.39 Å². The molecule has 4 aliphatic rings. The molecule has 0 radical (unpaired) electrons. The summed E-state index contributed by atoms with van der Waals surface area (Å²) in [4.78, 5) is 47.1. The first-order valence-electron chi connectivity index (χ1n) is 22.0. The Hall–Kier alpha value is -5.09. The third-order valence-corrected chi connectivity index (χ3v) is 13.5. The number of amides is 2. The van der Waals surface area contributed by atoms with Crippen molar-refractivity contribution < 1.29 is 28.6 Å². The molecule has 0 bridgehead atoms. The minimum atomic E-state index is -1.25. The van der Waals surface area contributed by atoms with Crippen LogP contribution in [0.15, 0.2) is 48.8 Å². The number of imidazole rings is 2. The number of carbonyl (C=O) groups is 2. The van der Waals surface area contributed by atoms with Crippen molar-refractivity contribution >= 4 is 22.7 Å². The van der Waals surface area contributed by atoms with Crippen molar-refractivity contribution in [2.75, 3.05) is 20.2 Å². The zero-order chi connectivity index (χ0) is 42.7. The molecule has 9 rings (SSSR count). The molecule has 3 aromatic heterocycles. The lowest BCUT2D eigenvalue weighted by Crippen LogP contribution is -2.52. The molecule has 14 nitrogen and oxygen atoms in total. The summed E-state index contributed by atoms with van der Waals surface area (Å²) < 4.78 is 30.7. The number of ether oxygens (including phenoxy) is 2. The van der Waals surface area contributed by atoms with E-state index in [0.717, 1.165) is 79.2 Å². The molecule has 5 aromatic rings. The Kier molecular flexibility index (Phi) is 11.3.